The van der Waals surface area contributed by atoms with Crippen LogP contribution in [0.4, 0.5) is 14.5 Å². The van der Waals surface area contributed by atoms with Gasteiger partial charge in [0.25, 0.3) is 0 Å². The minimum absolute atomic E-state index is 0.275. The van der Waals surface area contributed by atoms with Crippen LogP contribution in [0.3, 0.4) is 0 Å². The molecule has 1 heterocycles. The molecule has 0 aliphatic rings. The Morgan fingerprint density at radius 1 is 1.35 bits per heavy atom. The SMILES string of the molecule is CCn1ccnc1CNc1ccc(F)cc1F. The van der Waals surface area contributed by atoms with Crippen LogP contribution in [0.1, 0.15) is 12.7 Å². The van der Waals surface area contributed by atoms with Crippen molar-refractivity contribution in [3.05, 3.63) is 48.1 Å². The Hall–Kier alpha value is -1.91. The number of aromatic nitrogens is 2. The minimum Gasteiger partial charge on any atom is -0.375 e. The number of nitrogens with one attached hydrogen (secondary N) is 1. The summed E-state index contributed by atoms with van der Waals surface area (Å²) in [5.74, 6) is -0.362. The standard InChI is InChI=1S/C12H13F2N3/c1-2-17-6-5-15-12(17)8-16-11-4-3-9(13)7-10(11)14/h3-7,16H,2,8H2,1H3. The summed E-state index contributed by atoms with van der Waals surface area (Å²) in [5, 5.41) is 2.89. The number of anilines is 1. The molecule has 1 aromatic heterocycles. The maximum absolute atomic E-state index is 13.3. The molecule has 0 amide bonds. The van der Waals surface area contributed by atoms with Gasteiger partial charge in [-0.2, -0.15) is 0 Å². The van der Waals surface area contributed by atoms with E-state index in [0.29, 0.717) is 6.54 Å². The molecular formula is C12H13F2N3. The summed E-state index contributed by atoms with van der Waals surface area (Å²) in [6.07, 6.45) is 3.56. The van der Waals surface area contributed by atoms with Gasteiger partial charge in [0.05, 0.1) is 12.2 Å². The number of nitrogens with zero attached hydrogens (tertiary/aromatic N) is 2. The third-order valence-corrected chi connectivity index (χ3v) is 2.51. The fraction of sp³-hybridized carbons (Fsp3) is 0.250. The van der Waals surface area contributed by atoms with E-state index in [1.807, 2.05) is 17.7 Å². The highest BCUT2D eigenvalue weighted by Gasteiger charge is 2.05. The molecule has 5 heteroatoms. The Labute approximate surface area is 98.1 Å². The molecule has 0 aliphatic heterocycles. The van der Waals surface area contributed by atoms with E-state index in [0.717, 1.165) is 18.4 Å². The molecule has 17 heavy (non-hydrogen) atoms. The zero-order valence-electron chi connectivity index (χ0n) is 9.45. The van der Waals surface area contributed by atoms with Gasteiger partial charge in [0.2, 0.25) is 0 Å². The maximum atomic E-state index is 13.3. The molecule has 0 aliphatic carbocycles. The molecule has 0 saturated carbocycles. The quantitative estimate of drug-likeness (QED) is 0.886. The molecule has 2 aromatic rings. The Morgan fingerprint density at radius 2 is 2.18 bits per heavy atom. The van der Waals surface area contributed by atoms with E-state index in [9.17, 15) is 8.78 Å². The van der Waals surface area contributed by atoms with Crippen molar-refractivity contribution in [3.63, 3.8) is 0 Å². The molecule has 2 rings (SSSR count). The Kier molecular flexibility index (Phi) is 3.37. The van der Waals surface area contributed by atoms with E-state index in [1.54, 1.807) is 6.20 Å². The summed E-state index contributed by atoms with van der Waals surface area (Å²) < 4.78 is 28.0. The van der Waals surface area contributed by atoms with Crippen LogP contribution in [-0.2, 0) is 13.1 Å². The first-order chi connectivity index (χ1) is 8.20. The molecule has 90 valence electrons. The lowest BCUT2D eigenvalue weighted by Gasteiger charge is -2.08. The van der Waals surface area contributed by atoms with Crippen molar-refractivity contribution in [1.29, 1.82) is 0 Å². The molecule has 0 saturated heterocycles. The molecule has 0 atom stereocenters. The predicted octanol–water partition coefficient (Wildman–Crippen LogP) is 2.79. The summed E-state index contributed by atoms with van der Waals surface area (Å²) >= 11 is 0. The van der Waals surface area contributed by atoms with Crippen LogP contribution in [0.2, 0.25) is 0 Å². The van der Waals surface area contributed by atoms with Gasteiger partial charge in [0.15, 0.2) is 0 Å². The first-order valence-electron chi connectivity index (χ1n) is 5.39. The highest BCUT2D eigenvalue weighted by atomic mass is 19.1. The summed E-state index contributed by atoms with van der Waals surface area (Å²) in [6.45, 7) is 3.22. The summed E-state index contributed by atoms with van der Waals surface area (Å²) in [4.78, 5) is 4.15. The van der Waals surface area contributed by atoms with Gasteiger partial charge in [0.1, 0.15) is 17.5 Å². The lowest BCUT2D eigenvalue weighted by Crippen LogP contribution is -2.08. The van der Waals surface area contributed by atoms with Crippen molar-refractivity contribution in [2.75, 3.05) is 5.32 Å². The van der Waals surface area contributed by atoms with Gasteiger partial charge in [-0.05, 0) is 19.1 Å². The first kappa shape index (κ1) is 11.6. The molecule has 0 fully saturated rings. The minimum atomic E-state index is -0.598. The topological polar surface area (TPSA) is 29.9 Å². The normalized spacial score (nSPS) is 10.5. The van der Waals surface area contributed by atoms with Crippen molar-refractivity contribution in [3.8, 4) is 0 Å². The molecular weight excluding hydrogens is 224 g/mol. The third-order valence-electron chi connectivity index (χ3n) is 2.51. The molecule has 0 spiro atoms. The van der Waals surface area contributed by atoms with Crippen molar-refractivity contribution in [1.82, 2.24) is 9.55 Å². The Bertz CT molecular complexity index is 508. The number of benzene rings is 1. The molecule has 0 radical (unpaired) electrons. The van der Waals surface area contributed by atoms with Crippen molar-refractivity contribution < 1.29 is 8.78 Å². The molecule has 0 unspecified atom stereocenters. The summed E-state index contributed by atoms with van der Waals surface area (Å²) in [7, 11) is 0. The van der Waals surface area contributed by atoms with Gasteiger partial charge >= 0.3 is 0 Å². The zero-order valence-corrected chi connectivity index (χ0v) is 9.45. The third kappa shape index (κ3) is 2.61. The smallest absolute Gasteiger partial charge is 0.149 e. The number of halogens is 2. The Morgan fingerprint density at radius 3 is 2.88 bits per heavy atom. The van der Waals surface area contributed by atoms with Crippen molar-refractivity contribution in [2.45, 2.75) is 20.0 Å². The number of aryl methyl sites for hydroxylation is 1. The van der Waals surface area contributed by atoms with E-state index >= 15 is 0 Å². The predicted molar refractivity (Wildman–Crippen MR) is 61.6 cm³/mol. The number of imidazole rings is 1. The lowest BCUT2D eigenvalue weighted by atomic mass is 10.3. The number of hydrogen-bond acceptors (Lipinski definition) is 2. The van der Waals surface area contributed by atoms with E-state index in [1.165, 1.54) is 12.1 Å². The van der Waals surface area contributed by atoms with Gasteiger partial charge in [-0.15, -0.1) is 0 Å². The molecule has 1 N–H and O–H groups in total. The van der Waals surface area contributed by atoms with Crippen LogP contribution >= 0.6 is 0 Å². The number of hydrogen-bond donors (Lipinski definition) is 1. The zero-order chi connectivity index (χ0) is 12.3. The van der Waals surface area contributed by atoms with Gasteiger partial charge in [-0.3, -0.25) is 0 Å². The van der Waals surface area contributed by atoms with Gasteiger partial charge < -0.3 is 9.88 Å². The highest BCUT2D eigenvalue weighted by molar-refractivity contribution is 5.44. The fourth-order valence-electron chi connectivity index (χ4n) is 1.60. The second kappa shape index (κ2) is 4.95. The second-order valence-electron chi connectivity index (χ2n) is 3.61. The van der Waals surface area contributed by atoms with E-state index < -0.39 is 11.6 Å². The van der Waals surface area contributed by atoms with Gasteiger partial charge in [-0.1, -0.05) is 0 Å². The van der Waals surface area contributed by atoms with Crippen molar-refractivity contribution in [2.24, 2.45) is 0 Å². The Balaban J connectivity index is 2.07. The molecule has 1 aromatic carbocycles. The van der Waals surface area contributed by atoms with Gasteiger partial charge in [0, 0.05) is 25.0 Å². The lowest BCUT2D eigenvalue weighted by molar-refractivity contribution is 0.584. The van der Waals surface area contributed by atoms with Crippen LogP contribution in [0, 0.1) is 11.6 Å². The van der Waals surface area contributed by atoms with Crippen LogP contribution in [0.25, 0.3) is 0 Å². The average molecular weight is 237 g/mol. The van der Waals surface area contributed by atoms with E-state index in [2.05, 4.69) is 10.3 Å². The van der Waals surface area contributed by atoms with Crippen LogP contribution in [0.15, 0.2) is 30.6 Å². The van der Waals surface area contributed by atoms with Crippen LogP contribution < -0.4 is 5.32 Å². The molecule has 0 bridgehead atoms. The monoisotopic (exact) mass is 237 g/mol. The highest BCUT2D eigenvalue weighted by Crippen LogP contribution is 2.15. The van der Waals surface area contributed by atoms with Gasteiger partial charge in [-0.25, -0.2) is 13.8 Å². The van der Waals surface area contributed by atoms with Crippen molar-refractivity contribution >= 4 is 5.69 Å². The number of rotatable bonds is 4. The maximum Gasteiger partial charge on any atom is 0.149 e. The largest absolute Gasteiger partial charge is 0.375 e. The van der Waals surface area contributed by atoms with E-state index in [4.69, 9.17) is 0 Å². The molecule has 3 nitrogen and oxygen atoms in total. The second-order valence-corrected chi connectivity index (χ2v) is 3.61. The fourth-order valence-corrected chi connectivity index (χ4v) is 1.60. The van der Waals surface area contributed by atoms with Crippen LogP contribution in [0.5, 0.6) is 0 Å². The average Bonchev–Trinajstić information content (AvgIpc) is 2.75. The van der Waals surface area contributed by atoms with Crippen LogP contribution in [-0.4, -0.2) is 9.55 Å². The van der Waals surface area contributed by atoms with E-state index in [-0.39, 0.29) is 5.69 Å². The summed E-state index contributed by atoms with van der Waals surface area (Å²) in [6, 6.07) is 3.45. The first-order valence-corrected chi connectivity index (χ1v) is 5.39. The summed E-state index contributed by atoms with van der Waals surface area (Å²) in [5.41, 5.74) is 0.275.